The molecule has 1 aliphatic heterocycles. The third-order valence-electron chi connectivity index (χ3n) is 4.01. The van der Waals surface area contributed by atoms with E-state index in [1.807, 2.05) is 24.3 Å². The molecule has 1 fully saturated rings. The fraction of sp³-hybridized carbons (Fsp3) is 0.467. The molecule has 2 heterocycles. The lowest BCUT2D eigenvalue weighted by atomic mass is 10.0. The van der Waals surface area contributed by atoms with Crippen LogP contribution in [0.4, 0.5) is 9.18 Å². The Morgan fingerprint density at radius 3 is 2.77 bits per heavy atom. The summed E-state index contributed by atoms with van der Waals surface area (Å²) < 4.78 is 18.6. The van der Waals surface area contributed by atoms with Gasteiger partial charge < -0.3 is 14.6 Å². The Labute approximate surface area is 126 Å². The molecule has 0 atom stereocenters. The van der Waals surface area contributed by atoms with Crippen molar-refractivity contribution < 1.29 is 13.9 Å². The molecule has 1 saturated heterocycles. The van der Waals surface area contributed by atoms with Crippen LogP contribution in [0.2, 0.25) is 0 Å². The minimum Gasteiger partial charge on any atom is -0.447 e. The van der Waals surface area contributed by atoms with Crippen molar-refractivity contribution in [1.29, 1.82) is 0 Å². The van der Waals surface area contributed by atoms with Crippen LogP contribution in [0.5, 0.6) is 0 Å². The molecule has 1 aliphatic rings. The second kappa shape index (κ2) is 6.21. The van der Waals surface area contributed by atoms with E-state index >= 15 is 0 Å². The number of amides is 1. The number of rotatable bonds is 3. The number of likely N-dealkylation sites (tertiary alicyclic amines) is 1. The summed E-state index contributed by atoms with van der Waals surface area (Å²) in [5.74, 6) is 0. The monoisotopic (exact) mass is 307 g/mol. The van der Waals surface area contributed by atoms with E-state index < -0.39 is 12.8 Å². The zero-order valence-corrected chi connectivity index (χ0v) is 12.1. The molecule has 118 valence electrons. The molecular formula is C15H18FN3O3. The maximum atomic E-state index is 12.2. The van der Waals surface area contributed by atoms with Gasteiger partial charge in [0, 0.05) is 19.1 Å². The first-order valence-corrected chi connectivity index (χ1v) is 7.37. The number of hydrogen-bond donors (Lipinski definition) is 1. The zero-order valence-electron chi connectivity index (χ0n) is 12.1. The number of imidazole rings is 1. The van der Waals surface area contributed by atoms with Crippen LogP contribution in [0.25, 0.3) is 11.0 Å². The SMILES string of the molecule is O=C(OCCF)N1CCC(n2c(=O)[nH]c3ccccc32)CC1. The standard InChI is InChI=1S/C15H18FN3O3/c16-7-10-22-15(21)18-8-5-11(6-9-18)19-13-4-2-1-3-12(13)17-14(19)20/h1-4,11H,5-10H2,(H,17,20). The van der Waals surface area contributed by atoms with Crippen molar-refractivity contribution in [2.24, 2.45) is 0 Å². The first kappa shape index (κ1) is 14.6. The molecule has 0 unspecified atom stereocenters. The molecule has 0 aliphatic carbocycles. The maximum absolute atomic E-state index is 12.2. The summed E-state index contributed by atoms with van der Waals surface area (Å²) in [5, 5.41) is 0. The van der Waals surface area contributed by atoms with E-state index in [4.69, 9.17) is 4.74 Å². The number of aromatic nitrogens is 2. The summed E-state index contributed by atoms with van der Waals surface area (Å²) in [6.45, 7) is 0.122. The van der Waals surface area contributed by atoms with E-state index in [1.165, 1.54) is 0 Å². The molecule has 3 rings (SSSR count). The average Bonchev–Trinajstić information content (AvgIpc) is 2.88. The second-order valence-corrected chi connectivity index (χ2v) is 5.34. The molecule has 0 spiro atoms. The van der Waals surface area contributed by atoms with Gasteiger partial charge in [-0.1, -0.05) is 12.1 Å². The van der Waals surface area contributed by atoms with E-state index in [-0.39, 0.29) is 18.3 Å². The highest BCUT2D eigenvalue weighted by Crippen LogP contribution is 2.25. The van der Waals surface area contributed by atoms with Crippen molar-refractivity contribution in [2.45, 2.75) is 18.9 Å². The lowest BCUT2D eigenvalue weighted by molar-refractivity contribution is 0.0837. The van der Waals surface area contributed by atoms with Gasteiger partial charge in [-0.25, -0.2) is 14.0 Å². The van der Waals surface area contributed by atoms with Gasteiger partial charge in [-0.3, -0.25) is 4.57 Å². The normalized spacial score (nSPS) is 16.1. The van der Waals surface area contributed by atoms with Crippen molar-refractivity contribution in [3.8, 4) is 0 Å². The Hall–Kier alpha value is -2.31. The summed E-state index contributed by atoms with van der Waals surface area (Å²) in [6.07, 6.45) is 0.862. The lowest BCUT2D eigenvalue weighted by Gasteiger charge is -2.31. The van der Waals surface area contributed by atoms with Crippen LogP contribution in [0.3, 0.4) is 0 Å². The third kappa shape index (κ3) is 2.70. The topological polar surface area (TPSA) is 67.3 Å². The number of benzene rings is 1. The molecular weight excluding hydrogens is 289 g/mol. The summed E-state index contributed by atoms with van der Waals surface area (Å²) in [7, 11) is 0. The second-order valence-electron chi connectivity index (χ2n) is 5.34. The molecule has 1 N–H and O–H groups in total. The first-order chi connectivity index (χ1) is 10.7. The molecule has 2 aromatic rings. The number of carbonyl (C=O) groups excluding carboxylic acids is 1. The number of alkyl halides is 1. The van der Waals surface area contributed by atoms with Gasteiger partial charge in [-0.05, 0) is 25.0 Å². The van der Waals surface area contributed by atoms with E-state index in [9.17, 15) is 14.0 Å². The smallest absolute Gasteiger partial charge is 0.409 e. The number of para-hydroxylation sites is 2. The molecule has 1 aromatic carbocycles. The number of carbonyl (C=O) groups is 1. The van der Waals surface area contributed by atoms with Crippen LogP contribution >= 0.6 is 0 Å². The number of ether oxygens (including phenoxy) is 1. The quantitative estimate of drug-likeness (QED) is 0.944. The van der Waals surface area contributed by atoms with E-state index in [0.29, 0.717) is 25.9 Å². The van der Waals surface area contributed by atoms with Gasteiger partial charge in [-0.15, -0.1) is 0 Å². The van der Waals surface area contributed by atoms with Crippen LogP contribution in [-0.4, -0.2) is 46.9 Å². The number of aromatic amines is 1. The largest absolute Gasteiger partial charge is 0.447 e. The molecule has 0 bridgehead atoms. The minimum atomic E-state index is -0.674. The van der Waals surface area contributed by atoms with Crippen LogP contribution in [0, 0.1) is 0 Å². The number of piperidine rings is 1. The Bertz CT molecular complexity index is 716. The highest BCUT2D eigenvalue weighted by atomic mass is 19.1. The van der Waals surface area contributed by atoms with E-state index in [0.717, 1.165) is 11.0 Å². The van der Waals surface area contributed by atoms with Crippen molar-refractivity contribution in [1.82, 2.24) is 14.5 Å². The van der Waals surface area contributed by atoms with Gasteiger partial charge in [0.2, 0.25) is 0 Å². The molecule has 1 amide bonds. The van der Waals surface area contributed by atoms with Crippen LogP contribution < -0.4 is 5.69 Å². The highest BCUT2D eigenvalue weighted by Gasteiger charge is 2.26. The number of nitrogens with one attached hydrogen (secondary N) is 1. The van der Waals surface area contributed by atoms with Crippen LogP contribution in [0.15, 0.2) is 29.1 Å². The molecule has 22 heavy (non-hydrogen) atoms. The van der Waals surface area contributed by atoms with Crippen LogP contribution in [0.1, 0.15) is 18.9 Å². The molecule has 1 aromatic heterocycles. The number of fused-ring (bicyclic) bond motifs is 1. The minimum absolute atomic E-state index is 0.0499. The first-order valence-electron chi connectivity index (χ1n) is 7.37. The summed E-state index contributed by atoms with van der Waals surface area (Å²) >= 11 is 0. The van der Waals surface area contributed by atoms with Gasteiger partial charge in [0.1, 0.15) is 13.3 Å². The summed E-state index contributed by atoms with van der Waals surface area (Å²) in [4.78, 5) is 28.3. The molecule has 7 heteroatoms. The summed E-state index contributed by atoms with van der Waals surface area (Å²) in [6, 6.07) is 7.61. The Kier molecular flexibility index (Phi) is 4.13. The maximum Gasteiger partial charge on any atom is 0.409 e. The molecule has 6 nitrogen and oxygen atoms in total. The fourth-order valence-corrected chi connectivity index (χ4v) is 2.96. The van der Waals surface area contributed by atoms with Crippen LogP contribution in [-0.2, 0) is 4.74 Å². The Morgan fingerprint density at radius 1 is 1.32 bits per heavy atom. The highest BCUT2D eigenvalue weighted by molar-refractivity contribution is 5.75. The summed E-state index contributed by atoms with van der Waals surface area (Å²) in [5.41, 5.74) is 1.57. The third-order valence-corrected chi connectivity index (χ3v) is 4.01. The van der Waals surface area contributed by atoms with Crippen molar-refractivity contribution in [2.75, 3.05) is 26.4 Å². The zero-order chi connectivity index (χ0) is 15.5. The van der Waals surface area contributed by atoms with E-state index in [1.54, 1.807) is 9.47 Å². The predicted molar refractivity (Wildman–Crippen MR) is 79.7 cm³/mol. The predicted octanol–water partition coefficient (Wildman–Crippen LogP) is 2.07. The number of H-pyrrole nitrogens is 1. The Balaban J connectivity index is 1.72. The Morgan fingerprint density at radius 2 is 2.05 bits per heavy atom. The number of nitrogens with zero attached hydrogens (tertiary/aromatic N) is 2. The number of halogens is 1. The van der Waals surface area contributed by atoms with Crippen molar-refractivity contribution in [3.05, 3.63) is 34.7 Å². The van der Waals surface area contributed by atoms with Crippen molar-refractivity contribution in [3.63, 3.8) is 0 Å². The lowest BCUT2D eigenvalue weighted by Crippen LogP contribution is -2.41. The molecule has 0 saturated carbocycles. The van der Waals surface area contributed by atoms with Gasteiger partial charge in [0.15, 0.2) is 0 Å². The average molecular weight is 307 g/mol. The molecule has 0 radical (unpaired) electrons. The van der Waals surface area contributed by atoms with Crippen molar-refractivity contribution >= 4 is 17.1 Å². The van der Waals surface area contributed by atoms with Gasteiger partial charge in [0.25, 0.3) is 0 Å². The van der Waals surface area contributed by atoms with Gasteiger partial charge >= 0.3 is 11.8 Å². The van der Waals surface area contributed by atoms with Gasteiger partial charge in [-0.2, -0.15) is 0 Å². The number of hydrogen-bond acceptors (Lipinski definition) is 3. The fourth-order valence-electron chi connectivity index (χ4n) is 2.96. The van der Waals surface area contributed by atoms with E-state index in [2.05, 4.69) is 4.98 Å². The van der Waals surface area contributed by atoms with Gasteiger partial charge in [0.05, 0.1) is 11.0 Å².